The zero-order chi connectivity index (χ0) is 34.2. The molecule has 2 N–H and O–H groups in total. The minimum Gasteiger partial charge on any atom is -0.481 e. The number of hydrogen-bond acceptors (Lipinski definition) is 7. The molecule has 0 spiro atoms. The van der Waals surface area contributed by atoms with Crippen LogP contribution in [0.4, 0.5) is 28.9 Å². The number of methoxy groups -OCH3 is 1. The molecule has 6 rings (SSSR count). The lowest BCUT2D eigenvalue weighted by molar-refractivity contribution is -0.139. The molecule has 1 saturated heterocycles. The summed E-state index contributed by atoms with van der Waals surface area (Å²) in [5.74, 6) is -1.24. The van der Waals surface area contributed by atoms with Gasteiger partial charge in [0.2, 0.25) is 0 Å². The number of rotatable bonds is 11. The number of imidazole rings is 1. The Morgan fingerprint density at radius 2 is 1.77 bits per heavy atom. The smallest absolute Gasteiger partial charge is 0.416 e. The van der Waals surface area contributed by atoms with Crippen LogP contribution in [0, 0.1) is 11.2 Å². The molecule has 3 heterocycles. The monoisotopic (exact) mass is 668 g/mol. The highest BCUT2D eigenvalue weighted by Crippen LogP contribution is 2.43. The van der Waals surface area contributed by atoms with Crippen LogP contribution in [-0.4, -0.2) is 90.5 Å². The van der Waals surface area contributed by atoms with E-state index in [-0.39, 0.29) is 29.1 Å². The topological polar surface area (TPSA) is 97.8 Å². The van der Waals surface area contributed by atoms with Crippen molar-refractivity contribution in [2.24, 2.45) is 5.41 Å². The van der Waals surface area contributed by atoms with Crippen LogP contribution >= 0.6 is 0 Å². The third-order valence-corrected chi connectivity index (χ3v) is 9.72. The summed E-state index contributed by atoms with van der Waals surface area (Å²) < 4.78 is 60.8. The summed E-state index contributed by atoms with van der Waals surface area (Å²) in [5.41, 5.74) is 2.56. The molecule has 1 atom stereocenters. The maximum absolute atomic E-state index is 14.5. The number of aromatic amines is 1. The van der Waals surface area contributed by atoms with Gasteiger partial charge in [-0.2, -0.15) is 13.2 Å². The molecule has 4 aromatic rings. The number of fused-ring (bicyclic) bond motifs is 1. The lowest BCUT2D eigenvalue weighted by Crippen LogP contribution is -2.50. The molecule has 256 valence electrons. The number of benzene rings is 2. The zero-order valence-corrected chi connectivity index (χ0v) is 27.3. The number of carbonyl (C=O) groups is 1. The van der Waals surface area contributed by atoms with Crippen LogP contribution in [0.2, 0.25) is 0 Å². The molecular weight excluding hydrogens is 628 g/mol. The first-order valence-corrected chi connectivity index (χ1v) is 16.1. The minimum atomic E-state index is -4.71. The van der Waals surface area contributed by atoms with Crippen LogP contribution in [0.1, 0.15) is 38.2 Å². The van der Waals surface area contributed by atoms with Gasteiger partial charge < -0.3 is 24.6 Å². The number of pyridine rings is 1. The van der Waals surface area contributed by atoms with Gasteiger partial charge in [0.05, 0.1) is 30.0 Å². The quantitative estimate of drug-likeness (QED) is 0.171. The Bertz CT molecular complexity index is 1760. The van der Waals surface area contributed by atoms with Gasteiger partial charge in [0.25, 0.3) is 0 Å². The molecule has 1 aliphatic heterocycles. The SMILES string of the molecule is COCC1(CN(C)c2cc(-c3cc(F)cc(C(F)(F)F)c3)nc3nc(-c4ccc(N5CCN(C(C)CC(=O)O)CC5)cc4)[nH]c23)CCC1. The Kier molecular flexibility index (Phi) is 9.36. The van der Waals surface area contributed by atoms with Crippen LogP contribution in [0.3, 0.4) is 0 Å². The van der Waals surface area contributed by atoms with E-state index in [9.17, 15) is 22.4 Å². The number of aliphatic carboxylic acids is 1. The molecule has 2 aliphatic rings. The van der Waals surface area contributed by atoms with E-state index in [1.165, 1.54) is 0 Å². The number of H-pyrrole nitrogens is 1. The number of halogens is 4. The van der Waals surface area contributed by atoms with Gasteiger partial charge in [-0.3, -0.25) is 9.69 Å². The van der Waals surface area contributed by atoms with Crippen molar-refractivity contribution in [2.75, 3.05) is 63.3 Å². The zero-order valence-electron chi connectivity index (χ0n) is 27.3. The number of carboxylic acids is 1. The first-order valence-electron chi connectivity index (χ1n) is 16.1. The summed E-state index contributed by atoms with van der Waals surface area (Å²) in [6.07, 6.45) is -1.49. The van der Waals surface area contributed by atoms with Gasteiger partial charge >= 0.3 is 12.1 Å². The van der Waals surface area contributed by atoms with Crippen molar-refractivity contribution >= 4 is 28.5 Å². The largest absolute Gasteiger partial charge is 0.481 e. The summed E-state index contributed by atoms with van der Waals surface area (Å²) in [6, 6.07) is 12.1. The number of hydrogen-bond donors (Lipinski definition) is 2. The maximum atomic E-state index is 14.5. The second-order valence-electron chi connectivity index (χ2n) is 13.2. The molecule has 2 fully saturated rings. The standard InChI is InChI=1S/C35H40F4N6O3/c1-22(15-30(46)47)44-11-13-45(14-12-44)27-7-5-23(6-8-27)32-41-31-29(43(2)20-34(21-48-3)9-4-10-34)19-28(40-33(31)42-32)24-16-25(35(37,38)39)18-26(36)17-24/h5-8,16-19,22H,4,9-15,20-21H2,1-3H3,(H,46,47)(H,40,41,42). The average Bonchev–Trinajstić information content (AvgIpc) is 3.47. The predicted octanol–water partition coefficient (Wildman–Crippen LogP) is 6.69. The van der Waals surface area contributed by atoms with Crippen molar-refractivity contribution in [3.8, 4) is 22.6 Å². The van der Waals surface area contributed by atoms with Crippen LogP contribution in [0.5, 0.6) is 0 Å². The fourth-order valence-electron chi connectivity index (χ4n) is 7.01. The first-order chi connectivity index (χ1) is 22.8. The Hall–Kier alpha value is -4.23. The van der Waals surface area contributed by atoms with Crippen LogP contribution in [0.15, 0.2) is 48.5 Å². The summed E-state index contributed by atoms with van der Waals surface area (Å²) in [7, 11) is 3.61. The van der Waals surface area contributed by atoms with E-state index < -0.39 is 23.5 Å². The van der Waals surface area contributed by atoms with Crippen molar-refractivity contribution in [1.82, 2.24) is 19.9 Å². The number of anilines is 2. The average molecular weight is 669 g/mol. The fourth-order valence-corrected chi connectivity index (χ4v) is 7.01. The first kappa shape index (κ1) is 33.7. The van der Waals surface area contributed by atoms with Crippen LogP contribution in [-0.2, 0) is 15.7 Å². The second-order valence-corrected chi connectivity index (χ2v) is 13.2. The number of nitrogens with one attached hydrogen (secondary N) is 1. The highest BCUT2D eigenvalue weighted by atomic mass is 19.4. The van der Waals surface area contributed by atoms with E-state index in [0.717, 1.165) is 68.8 Å². The molecular formula is C35H40F4N6O3. The molecule has 0 bridgehead atoms. The number of nitrogens with zero attached hydrogens (tertiary/aromatic N) is 5. The molecule has 9 nitrogen and oxygen atoms in total. The second kappa shape index (κ2) is 13.3. The molecule has 1 saturated carbocycles. The highest BCUT2D eigenvalue weighted by molar-refractivity contribution is 5.91. The molecule has 0 amide bonds. The van der Waals surface area contributed by atoms with E-state index in [1.807, 2.05) is 38.2 Å². The molecule has 1 unspecified atom stereocenters. The van der Waals surface area contributed by atoms with Crippen molar-refractivity contribution in [3.63, 3.8) is 0 Å². The third-order valence-electron chi connectivity index (χ3n) is 9.72. The van der Waals surface area contributed by atoms with Crippen molar-refractivity contribution < 1.29 is 32.2 Å². The van der Waals surface area contributed by atoms with Crippen LogP contribution < -0.4 is 9.80 Å². The van der Waals surface area contributed by atoms with E-state index in [0.29, 0.717) is 41.9 Å². The highest BCUT2D eigenvalue weighted by Gasteiger charge is 2.38. The van der Waals surface area contributed by atoms with E-state index in [1.54, 1.807) is 13.2 Å². The number of aromatic nitrogens is 3. The Labute approximate surface area is 276 Å². The van der Waals surface area contributed by atoms with Crippen molar-refractivity contribution in [1.29, 1.82) is 0 Å². The molecule has 0 radical (unpaired) electrons. The summed E-state index contributed by atoms with van der Waals surface area (Å²) >= 11 is 0. The third kappa shape index (κ3) is 7.12. The van der Waals surface area contributed by atoms with Crippen molar-refractivity contribution in [2.45, 2.75) is 44.8 Å². The van der Waals surface area contributed by atoms with Gasteiger partial charge in [-0.1, -0.05) is 6.42 Å². The maximum Gasteiger partial charge on any atom is 0.416 e. The molecule has 48 heavy (non-hydrogen) atoms. The van der Waals surface area contributed by atoms with Gasteiger partial charge in [0.1, 0.15) is 17.2 Å². The van der Waals surface area contributed by atoms with Crippen LogP contribution in [0.25, 0.3) is 33.8 Å². The van der Waals surface area contributed by atoms with E-state index in [4.69, 9.17) is 14.8 Å². The normalized spacial score (nSPS) is 17.4. The van der Waals surface area contributed by atoms with Crippen molar-refractivity contribution in [3.05, 3.63) is 59.9 Å². The number of carboxylic acid groups (broad SMARTS) is 1. The lowest BCUT2D eigenvalue weighted by atomic mass is 9.69. The Balaban J connectivity index is 1.31. The summed E-state index contributed by atoms with van der Waals surface area (Å²) in [4.78, 5) is 30.4. The van der Waals surface area contributed by atoms with Gasteiger partial charge in [0.15, 0.2) is 5.65 Å². The summed E-state index contributed by atoms with van der Waals surface area (Å²) in [5, 5.41) is 9.14. The molecule has 1 aliphatic carbocycles. The van der Waals surface area contributed by atoms with Gasteiger partial charge in [0, 0.05) is 75.2 Å². The predicted molar refractivity (Wildman–Crippen MR) is 177 cm³/mol. The minimum absolute atomic E-state index is 0.0143. The summed E-state index contributed by atoms with van der Waals surface area (Å²) in [6.45, 7) is 6.27. The molecule has 2 aromatic heterocycles. The van der Waals surface area contributed by atoms with Gasteiger partial charge in [-0.25, -0.2) is 14.4 Å². The number of ether oxygens (including phenoxy) is 1. The van der Waals surface area contributed by atoms with Gasteiger partial charge in [-0.15, -0.1) is 0 Å². The number of piperazine rings is 1. The lowest BCUT2D eigenvalue weighted by Gasteiger charge is -2.44. The van der Waals surface area contributed by atoms with E-state index >= 15 is 0 Å². The Morgan fingerprint density at radius 1 is 1.06 bits per heavy atom. The molecule has 13 heteroatoms. The van der Waals surface area contributed by atoms with E-state index in [2.05, 4.69) is 24.7 Å². The Morgan fingerprint density at radius 3 is 2.38 bits per heavy atom. The van der Waals surface area contributed by atoms with Gasteiger partial charge in [-0.05, 0) is 68.3 Å². The number of alkyl halides is 3. The fraction of sp³-hybridized carbons (Fsp3) is 0.457. The molecule has 2 aromatic carbocycles.